The number of ether oxygens (including phenoxy) is 5. The van der Waals surface area contributed by atoms with Crippen molar-refractivity contribution in [1.29, 1.82) is 0 Å². The van der Waals surface area contributed by atoms with E-state index in [-0.39, 0.29) is 61.0 Å². The van der Waals surface area contributed by atoms with Crippen molar-refractivity contribution in [2.45, 2.75) is 188 Å². The monoisotopic (exact) mass is 970 g/mol. The zero-order valence-corrected chi connectivity index (χ0v) is 44.8. The second-order valence-corrected chi connectivity index (χ2v) is 26.2. The predicted octanol–water partition coefficient (Wildman–Crippen LogP) is 8.93. The molecule has 1 unspecified atom stereocenters. The molecule has 0 aromatic heterocycles. The van der Waals surface area contributed by atoms with Gasteiger partial charge in [-0.15, -0.1) is 0 Å². The Bertz CT molecular complexity index is 1840. The summed E-state index contributed by atoms with van der Waals surface area (Å²) in [5, 5.41) is 11.9. The standard InChI is InChI=1S/C54H87NO12Si/c1-34-19-15-14-16-20-35(2)46(63-9)31-44-25-24-40(7)54(61,66-44)51(58)52(59)55-26-18-22-42(33-55)53(60)65-47(37(4)29-41-21-17-23-43(30-41)62-8)32-45(56)36(3)28-39(6)49(67-68(11,12)13)50(64-10)48(57)38(5)27-34/h14-16,19-20,28,34,36-38,40-44,46-47,49-50,61H,17-18,21-27,29-33H2,1-13H3/b16-14+,19-15+,35-20+,39-28+/t34-,36-,37-,38-,40-,41+,42?,43+,44+,46+,47+,49-,50+,54-/m1/s1. The molecule has 68 heavy (non-hydrogen) atoms. The van der Waals surface area contributed by atoms with E-state index in [0.717, 1.165) is 43.3 Å². The number of piperidine rings is 1. The minimum absolute atomic E-state index is 0.0292. The van der Waals surface area contributed by atoms with Crippen molar-refractivity contribution in [3.63, 3.8) is 0 Å². The number of nitrogens with zero attached hydrogens (tertiary/aromatic N) is 1. The van der Waals surface area contributed by atoms with Crippen LogP contribution in [0.25, 0.3) is 0 Å². The van der Waals surface area contributed by atoms with E-state index in [1.54, 1.807) is 21.1 Å². The van der Waals surface area contributed by atoms with E-state index in [2.05, 4.69) is 32.6 Å². The number of methoxy groups -OCH3 is 3. The molecule has 4 rings (SSSR count). The molecule has 14 atom stereocenters. The first-order valence-electron chi connectivity index (χ1n) is 25.5. The Kier molecular flexibility index (Phi) is 22.3. The summed E-state index contributed by atoms with van der Waals surface area (Å²) >= 11 is 0. The summed E-state index contributed by atoms with van der Waals surface area (Å²) in [7, 11) is 2.62. The van der Waals surface area contributed by atoms with E-state index in [4.69, 9.17) is 28.1 Å². The third kappa shape index (κ3) is 16.2. The fraction of sp³-hybridized carbons (Fsp3) is 0.759. The van der Waals surface area contributed by atoms with Crippen LogP contribution >= 0.6 is 0 Å². The van der Waals surface area contributed by atoms with Gasteiger partial charge in [0, 0.05) is 65.0 Å². The summed E-state index contributed by atoms with van der Waals surface area (Å²) in [4.78, 5) is 72.3. The van der Waals surface area contributed by atoms with Crippen LogP contribution < -0.4 is 0 Å². The number of carbonyl (C=O) groups excluding carboxylic acids is 5. The number of esters is 1. The fourth-order valence-corrected chi connectivity index (χ4v) is 11.7. The van der Waals surface area contributed by atoms with Gasteiger partial charge >= 0.3 is 5.97 Å². The second kappa shape index (κ2) is 26.4. The number of ketones is 3. The number of aliphatic hydroxyl groups is 1. The molecule has 1 N–H and O–H groups in total. The van der Waals surface area contributed by atoms with Crippen LogP contribution in [0, 0.1) is 41.4 Å². The number of amides is 1. The molecule has 3 aliphatic heterocycles. The maximum atomic E-state index is 14.4. The molecule has 14 heteroatoms. The van der Waals surface area contributed by atoms with Crippen molar-refractivity contribution in [1.82, 2.24) is 4.90 Å². The number of allylic oxidation sites excluding steroid dienone is 6. The minimum Gasteiger partial charge on any atom is -0.461 e. The van der Waals surface area contributed by atoms with Crippen molar-refractivity contribution in [3.8, 4) is 0 Å². The summed E-state index contributed by atoms with van der Waals surface area (Å²) in [6.45, 7) is 19.8. The van der Waals surface area contributed by atoms with Crippen LogP contribution in [-0.2, 0) is 52.1 Å². The van der Waals surface area contributed by atoms with Crippen LogP contribution in [-0.4, -0.2) is 124 Å². The average Bonchev–Trinajstić information content (AvgIpc) is 3.29. The Balaban J connectivity index is 1.71. The molecule has 0 radical (unpaired) electrons. The van der Waals surface area contributed by atoms with Gasteiger partial charge in [-0.1, -0.05) is 83.9 Å². The van der Waals surface area contributed by atoms with Crippen LogP contribution in [0.15, 0.2) is 47.6 Å². The minimum atomic E-state index is -2.34. The zero-order valence-electron chi connectivity index (χ0n) is 43.8. The Labute approximate surface area is 409 Å². The Morgan fingerprint density at radius 3 is 2.22 bits per heavy atom. The van der Waals surface area contributed by atoms with Crippen LogP contribution in [0.1, 0.15) is 126 Å². The molecule has 0 spiro atoms. The summed E-state index contributed by atoms with van der Waals surface area (Å²) in [5.74, 6) is -7.09. The van der Waals surface area contributed by atoms with E-state index < -0.39 is 73.9 Å². The molecule has 0 aromatic rings. The van der Waals surface area contributed by atoms with Gasteiger partial charge in [0.2, 0.25) is 5.79 Å². The SMILES string of the molecule is CO[C@H]1CCC[C@@H](C[C@@H](C)[C@@H]2CC(=O)[C@H](C)/C=C(\C)[C@@H](O[Si](C)(C)C)[C@@H](OC)C(=O)[C@H](C)C[C@H](C)/C=C/C=C/C=C(\C)[C@@H](OC)C[C@@H]3CC[C@@H](C)[C@@](O)(O3)C(=O)C(=O)N3CCCC(C3)C(=O)O2)C1. The second-order valence-electron chi connectivity index (χ2n) is 21.7. The summed E-state index contributed by atoms with van der Waals surface area (Å²) in [6.07, 6.45) is 16.1. The van der Waals surface area contributed by atoms with Gasteiger partial charge in [-0.3, -0.25) is 24.0 Å². The molecule has 384 valence electrons. The number of cyclic esters (lactones) is 1. The molecule has 3 fully saturated rings. The van der Waals surface area contributed by atoms with Crippen molar-refractivity contribution >= 4 is 37.5 Å². The van der Waals surface area contributed by atoms with Crippen molar-refractivity contribution < 1.29 is 57.2 Å². The van der Waals surface area contributed by atoms with Crippen LogP contribution in [0.2, 0.25) is 19.6 Å². The average molecular weight is 970 g/mol. The van der Waals surface area contributed by atoms with Gasteiger partial charge in [0.1, 0.15) is 18.0 Å². The van der Waals surface area contributed by atoms with Crippen LogP contribution in [0.4, 0.5) is 0 Å². The first kappa shape index (κ1) is 57.5. The highest BCUT2D eigenvalue weighted by Gasteiger charge is 2.52. The van der Waals surface area contributed by atoms with E-state index in [1.165, 1.54) is 12.0 Å². The molecular formula is C54H87NO12Si. The number of hydrogen-bond acceptors (Lipinski definition) is 12. The Morgan fingerprint density at radius 1 is 0.838 bits per heavy atom. The van der Waals surface area contributed by atoms with Crippen molar-refractivity contribution in [3.05, 3.63) is 47.6 Å². The number of fused-ring (bicyclic) bond motifs is 4. The molecule has 4 bridgehead atoms. The highest BCUT2D eigenvalue weighted by Crippen LogP contribution is 2.37. The maximum Gasteiger partial charge on any atom is 0.311 e. The van der Waals surface area contributed by atoms with Gasteiger partial charge in [0.15, 0.2) is 14.1 Å². The van der Waals surface area contributed by atoms with Gasteiger partial charge in [-0.25, -0.2) is 0 Å². The van der Waals surface area contributed by atoms with Crippen molar-refractivity contribution in [2.24, 2.45) is 41.4 Å². The van der Waals surface area contributed by atoms with Gasteiger partial charge in [-0.2, -0.15) is 0 Å². The lowest BCUT2D eigenvalue weighted by molar-refractivity contribution is -0.265. The van der Waals surface area contributed by atoms with Gasteiger partial charge in [0.05, 0.1) is 30.3 Å². The van der Waals surface area contributed by atoms with Gasteiger partial charge in [0.25, 0.3) is 11.7 Å². The highest BCUT2D eigenvalue weighted by molar-refractivity contribution is 6.69. The molecule has 1 aliphatic carbocycles. The fourth-order valence-electron chi connectivity index (χ4n) is 10.6. The normalized spacial score (nSPS) is 38.3. The Hall–Kier alpha value is -3.11. The highest BCUT2D eigenvalue weighted by atomic mass is 28.4. The lowest BCUT2D eigenvalue weighted by Gasteiger charge is -2.42. The summed E-state index contributed by atoms with van der Waals surface area (Å²) < 4.78 is 36.8. The molecule has 13 nitrogen and oxygen atoms in total. The van der Waals surface area contributed by atoms with Crippen LogP contribution in [0.3, 0.4) is 0 Å². The molecular weight excluding hydrogens is 883 g/mol. The largest absolute Gasteiger partial charge is 0.461 e. The summed E-state index contributed by atoms with van der Waals surface area (Å²) in [6, 6.07) is 0. The molecule has 4 aliphatic rings. The number of hydrogen-bond donors (Lipinski definition) is 1. The van der Waals surface area contributed by atoms with E-state index in [1.807, 2.05) is 65.0 Å². The lowest BCUT2D eigenvalue weighted by atomic mass is 9.79. The molecule has 0 aromatic carbocycles. The van der Waals surface area contributed by atoms with E-state index in [0.29, 0.717) is 44.4 Å². The topological polar surface area (TPSA) is 164 Å². The molecule has 3 heterocycles. The first-order chi connectivity index (χ1) is 32.0. The maximum absolute atomic E-state index is 14.4. The third-order valence-electron chi connectivity index (χ3n) is 14.8. The van der Waals surface area contributed by atoms with Crippen molar-refractivity contribution in [2.75, 3.05) is 34.4 Å². The van der Waals surface area contributed by atoms with E-state index >= 15 is 0 Å². The molecule has 1 amide bonds. The first-order valence-corrected chi connectivity index (χ1v) is 28.9. The zero-order chi connectivity index (χ0) is 50.5. The predicted molar refractivity (Wildman–Crippen MR) is 266 cm³/mol. The summed E-state index contributed by atoms with van der Waals surface area (Å²) in [5.41, 5.74) is 1.64. The molecule has 2 saturated heterocycles. The van der Waals surface area contributed by atoms with E-state index in [9.17, 15) is 29.1 Å². The van der Waals surface area contributed by atoms with Gasteiger partial charge in [-0.05, 0) is 114 Å². The van der Waals surface area contributed by atoms with Crippen LogP contribution in [0.5, 0.6) is 0 Å². The lowest BCUT2D eigenvalue weighted by Crippen LogP contribution is -2.59. The molecule has 1 saturated carbocycles. The Morgan fingerprint density at radius 2 is 1.56 bits per heavy atom. The quantitative estimate of drug-likeness (QED) is 0.107. The number of carbonyl (C=O) groups is 5. The smallest absolute Gasteiger partial charge is 0.311 e. The number of rotatable bonds is 8. The third-order valence-corrected chi connectivity index (χ3v) is 15.8. The number of Topliss-reactive ketones (excluding diaryl/α,β-unsaturated/α-hetero) is 3. The van der Waals surface area contributed by atoms with Gasteiger partial charge < -0.3 is 38.1 Å².